The average Bonchev–Trinajstić information content (AvgIpc) is 2.98. The second kappa shape index (κ2) is 5.59. The number of nitrogens with one attached hydrogen (secondary N) is 2. The SMILES string of the molecule is CC1(C(=O)Nc2nc3c(s2)CCCC3)Oc2ccccc2NC1=O. The van der Waals surface area contributed by atoms with Crippen LogP contribution in [0.1, 0.15) is 30.3 Å². The van der Waals surface area contributed by atoms with Crippen LogP contribution < -0.4 is 15.4 Å². The normalized spacial score (nSPS) is 22.0. The average molecular weight is 343 g/mol. The fraction of sp³-hybridized carbons (Fsp3) is 0.353. The van der Waals surface area contributed by atoms with Crippen LogP contribution in [0.3, 0.4) is 0 Å². The number of fused-ring (bicyclic) bond motifs is 2. The second-order valence-electron chi connectivity index (χ2n) is 6.14. The van der Waals surface area contributed by atoms with E-state index in [4.69, 9.17) is 4.74 Å². The van der Waals surface area contributed by atoms with Gasteiger partial charge in [0.25, 0.3) is 17.4 Å². The number of carbonyl (C=O) groups excluding carboxylic acids is 2. The third-order valence-corrected chi connectivity index (χ3v) is 5.45. The molecule has 2 aromatic rings. The first kappa shape index (κ1) is 15.1. The third kappa shape index (κ3) is 2.45. The summed E-state index contributed by atoms with van der Waals surface area (Å²) in [7, 11) is 0. The fourth-order valence-corrected chi connectivity index (χ4v) is 3.98. The van der Waals surface area contributed by atoms with E-state index in [1.807, 2.05) is 0 Å². The van der Waals surface area contributed by atoms with Crippen molar-refractivity contribution in [2.45, 2.75) is 38.2 Å². The Labute approximate surface area is 143 Å². The maximum Gasteiger partial charge on any atom is 0.280 e. The van der Waals surface area contributed by atoms with Gasteiger partial charge in [-0.05, 0) is 44.7 Å². The van der Waals surface area contributed by atoms with Crippen LogP contribution in [0, 0.1) is 0 Å². The molecule has 7 heteroatoms. The van der Waals surface area contributed by atoms with Gasteiger partial charge in [-0.25, -0.2) is 4.98 Å². The second-order valence-corrected chi connectivity index (χ2v) is 7.22. The van der Waals surface area contributed by atoms with Gasteiger partial charge in [-0.1, -0.05) is 12.1 Å². The predicted octanol–water partition coefficient (Wildman–Crippen LogP) is 2.75. The van der Waals surface area contributed by atoms with E-state index in [-0.39, 0.29) is 0 Å². The monoisotopic (exact) mass is 343 g/mol. The zero-order chi connectivity index (χ0) is 16.7. The van der Waals surface area contributed by atoms with E-state index in [2.05, 4.69) is 15.6 Å². The van der Waals surface area contributed by atoms with Crippen molar-refractivity contribution in [3.8, 4) is 5.75 Å². The summed E-state index contributed by atoms with van der Waals surface area (Å²) in [5.74, 6) is -0.520. The summed E-state index contributed by atoms with van der Waals surface area (Å²) < 4.78 is 5.72. The molecule has 1 aliphatic heterocycles. The largest absolute Gasteiger partial charge is 0.466 e. The highest BCUT2D eigenvalue weighted by Gasteiger charge is 2.47. The van der Waals surface area contributed by atoms with Gasteiger partial charge >= 0.3 is 0 Å². The number of aryl methyl sites for hydroxylation is 2. The molecule has 24 heavy (non-hydrogen) atoms. The molecule has 1 atom stereocenters. The zero-order valence-corrected chi connectivity index (χ0v) is 14.0. The summed E-state index contributed by atoms with van der Waals surface area (Å²) in [6, 6.07) is 7.05. The number of nitrogens with zero attached hydrogens (tertiary/aromatic N) is 1. The van der Waals surface area contributed by atoms with Crippen molar-refractivity contribution in [1.29, 1.82) is 0 Å². The maximum atomic E-state index is 12.7. The molecular formula is C17H17N3O3S. The smallest absolute Gasteiger partial charge is 0.280 e. The Morgan fingerprint density at radius 3 is 2.96 bits per heavy atom. The molecular weight excluding hydrogens is 326 g/mol. The number of thiazole rings is 1. The van der Waals surface area contributed by atoms with Crippen molar-refractivity contribution in [1.82, 2.24) is 4.98 Å². The van der Waals surface area contributed by atoms with Crippen LogP contribution in [0.15, 0.2) is 24.3 Å². The van der Waals surface area contributed by atoms with E-state index >= 15 is 0 Å². The van der Waals surface area contributed by atoms with Crippen LogP contribution in [0.2, 0.25) is 0 Å². The molecule has 1 unspecified atom stereocenters. The molecule has 2 amide bonds. The highest BCUT2D eigenvalue weighted by molar-refractivity contribution is 7.15. The van der Waals surface area contributed by atoms with E-state index in [9.17, 15) is 9.59 Å². The summed E-state index contributed by atoms with van der Waals surface area (Å²) >= 11 is 1.48. The van der Waals surface area contributed by atoms with Gasteiger partial charge in [0, 0.05) is 4.88 Å². The topological polar surface area (TPSA) is 80.3 Å². The Bertz CT molecular complexity index is 809. The number of anilines is 2. The van der Waals surface area contributed by atoms with E-state index < -0.39 is 17.4 Å². The highest BCUT2D eigenvalue weighted by Crippen LogP contribution is 2.35. The quantitative estimate of drug-likeness (QED) is 0.822. The van der Waals surface area contributed by atoms with Crippen molar-refractivity contribution >= 4 is 34.0 Å². The van der Waals surface area contributed by atoms with E-state index in [0.717, 1.165) is 31.4 Å². The summed E-state index contributed by atoms with van der Waals surface area (Å²) in [6.07, 6.45) is 4.24. The first-order valence-electron chi connectivity index (χ1n) is 7.96. The molecule has 1 aliphatic carbocycles. The molecule has 4 rings (SSSR count). The van der Waals surface area contributed by atoms with Crippen LogP contribution >= 0.6 is 11.3 Å². The number of carbonyl (C=O) groups is 2. The molecule has 1 aromatic carbocycles. The van der Waals surface area contributed by atoms with Gasteiger partial charge in [0.2, 0.25) is 0 Å². The van der Waals surface area contributed by atoms with Crippen molar-refractivity contribution in [2.75, 3.05) is 10.6 Å². The zero-order valence-electron chi connectivity index (χ0n) is 13.2. The van der Waals surface area contributed by atoms with Crippen molar-refractivity contribution in [2.24, 2.45) is 0 Å². The number of ether oxygens (including phenoxy) is 1. The molecule has 0 fully saturated rings. The standard InChI is InChI=1S/C17H17N3O3S/c1-17(14(21)18-10-6-2-4-8-12(10)23-17)15(22)20-16-19-11-7-3-5-9-13(11)24-16/h2,4,6,8H,3,5,7,9H2,1H3,(H,18,21)(H,19,20,22). The van der Waals surface area contributed by atoms with Crippen LogP contribution in [-0.4, -0.2) is 22.4 Å². The van der Waals surface area contributed by atoms with Crippen LogP contribution in [-0.2, 0) is 22.4 Å². The fourth-order valence-electron chi connectivity index (χ4n) is 2.94. The molecule has 6 nitrogen and oxygen atoms in total. The van der Waals surface area contributed by atoms with E-state index in [1.54, 1.807) is 24.3 Å². The van der Waals surface area contributed by atoms with Gasteiger partial charge in [-0.2, -0.15) is 0 Å². The Hall–Kier alpha value is -2.41. The molecule has 124 valence electrons. The highest BCUT2D eigenvalue weighted by atomic mass is 32.1. The lowest BCUT2D eigenvalue weighted by Crippen LogP contribution is -2.56. The Kier molecular flexibility index (Phi) is 3.53. The first-order valence-corrected chi connectivity index (χ1v) is 8.77. The molecule has 0 bridgehead atoms. The van der Waals surface area contributed by atoms with Crippen molar-refractivity contribution in [3.05, 3.63) is 34.8 Å². The van der Waals surface area contributed by atoms with Gasteiger partial charge in [0.1, 0.15) is 5.75 Å². The summed E-state index contributed by atoms with van der Waals surface area (Å²) in [5, 5.41) is 6.01. The summed E-state index contributed by atoms with van der Waals surface area (Å²) in [4.78, 5) is 30.8. The molecule has 1 aromatic heterocycles. The van der Waals surface area contributed by atoms with Gasteiger partial charge < -0.3 is 10.1 Å². The van der Waals surface area contributed by atoms with Crippen LogP contribution in [0.25, 0.3) is 0 Å². The minimum absolute atomic E-state index is 0.480. The molecule has 0 radical (unpaired) electrons. The number of amides is 2. The molecule has 0 spiro atoms. The minimum Gasteiger partial charge on any atom is -0.466 e. The Morgan fingerprint density at radius 2 is 2.12 bits per heavy atom. The number of hydrogen-bond acceptors (Lipinski definition) is 5. The summed E-state index contributed by atoms with van der Waals surface area (Å²) in [6.45, 7) is 1.47. The first-order chi connectivity index (χ1) is 11.6. The molecule has 0 saturated carbocycles. The Balaban J connectivity index is 1.57. The number of para-hydroxylation sites is 2. The number of hydrogen-bond donors (Lipinski definition) is 2. The predicted molar refractivity (Wildman–Crippen MR) is 91.5 cm³/mol. The van der Waals surface area contributed by atoms with Gasteiger partial charge in [-0.15, -0.1) is 11.3 Å². The molecule has 2 aliphatic rings. The Morgan fingerprint density at radius 1 is 1.33 bits per heavy atom. The van der Waals surface area contributed by atoms with Crippen molar-refractivity contribution < 1.29 is 14.3 Å². The molecule has 2 heterocycles. The van der Waals surface area contributed by atoms with E-state index in [1.165, 1.54) is 23.1 Å². The van der Waals surface area contributed by atoms with Crippen LogP contribution in [0.4, 0.5) is 10.8 Å². The van der Waals surface area contributed by atoms with Crippen LogP contribution in [0.5, 0.6) is 5.75 Å². The van der Waals surface area contributed by atoms with E-state index in [0.29, 0.717) is 16.6 Å². The van der Waals surface area contributed by atoms with Crippen molar-refractivity contribution in [3.63, 3.8) is 0 Å². The number of aromatic nitrogens is 1. The van der Waals surface area contributed by atoms with Gasteiger partial charge in [0.05, 0.1) is 11.4 Å². The lowest BCUT2D eigenvalue weighted by molar-refractivity contribution is -0.143. The van der Waals surface area contributed by atoms with Gasteiger partial charge in [-0.3, -0.25) is 14.9 Å². The maximum absolute atomic E-state index is 12.7. The summed E-state index contributed by atoms with van der Waals surface area (Å²) in [5.41, 5.74) is 0.00381. The lowest BCUT2D eigenvalue weighted by atomic mass is 10.0. The third-order valence-electron chi connectivity index (χ3n) is 4.38. The molecule has 0 saturated heterocycles. The van der Waals surface area contributed by atoms with Gasteiger partial charge in [0.15, 0.2) is 5.13 Å². The number of rotatable bonds is 2. The number of benzene rings is 1. The molecule has 2 N–H and O–H groups in total. The minimum atomic E-state index is -1.62. The lowest BCUT2D eigenvalue weighted by Gasteiger charge is -2.32.